The van der Waals surface area contributed by atoms with E-state index in [0.29, 0.717) is 5.39 Å². The summed E-state index contributed by atoms with van der Waals surface area (Å²) >= 11 is 0. The lowest BCUT2D eigenvalue weighted by atomic mass is 10.1. The molecule has 0 N–H and O–H groups in total. The van der Waals surface area contributed by atoms with Gasteiger partial charge in [0.15, 0.2) is 0 Å². The molecule has 0 spiro atoms. The normalized spacial score (nSPS) is 13.2. The molecule has 0 saturated heterocycles. The van der Waals surface area contributed by atoms with Crippen LogP contribution in [-0.2, 0) is 19.4 Å². The van der Waals surface area contributed by atoms with Gasteiger partial charge in [-0.15, -0.1) is 0 Å². The highest BCUT2D eigenvalue weighted by Gasteiger charge is 2.26. The van der Waals surface area contributed by atoms with Crippen molar-refractivity contribution < 1.29 is 17.9 Å². The van der Waals surface area contributed by atoms with Crippen molar-refractivity contribution in [3.05, 3.63) is 42.5 Å². The topological polar surface area (TPSA) is 60.4 Å². The minimum atomic E-state index is -3.71. The van der Waals surface area contributed by atoms with Crippen LogP contribution in [-0.4, -0.2) is 20.3 Å². The van der Waals surface area contributed by atoms with Gasteiger partial charge in [-0.2, -0.15) is 0 Å². The lowest BCUT2D eigenvalue weighted by Crippen LogP contribution is -2.21. The van der Waals surface area contributed by atoms with Crippen molar-refractivity contribution >= 4 is 27.1 Å². The van der Waals surface area contributed by atoms with Crippen LogP contribution in [0.2, 0.25) is 0 Å². The molecule has 2 rings (SSSR count). The third-order valence-corrected chi connectivity index (χ3v) is 4.65. The Hall–Kier alpha value is -1.88. The number of benzene rings is 2. The van der Waals surface area contributed by atoms with Crippen LogP contribution in [0.15, 0.2) is 47.4 Å². The molecule has 4 nitrogen and oxygen atoms in total. The van der Waals surface area contributed by atoms with Crippen LogP contribution in [0.25, 0.3) is 10.8 Å². The zero-order chi connectivity index (χ0) is 13.2. The Morgan fingerprint density at radius 3 is 2.50 bits per heavy atom. The lowest BCUT2D eigenvalue weighted by molar-refractivity contribution is 0.257. The molecule has 2 aromatic rings. The van der Waals surface area contributed by atoms with Gasteiger partial charge in [-0.3, -0.25) is 0 Å². The Balaban J connectivity index is 2.64. The Bertz CT molecular complexity index is 671. The summed E-state index contributed by atoms with van der Waals surface area (Å²) in [6, 6.07) is 12.1. The predicted octanol–water partition coefficient (Wildman–Crippen LogP) is 2.04. The van der Waals surface area contributed by atoms with Crippen LogP contribution in [0.4, 0.5) is 0 Å². The standard InChI is InChI=1S/C13H11O4S/c1-10(17-9-14)18(15,16)13-8-4-6-11-5-2-3-7-12(11)13/h2-8,10H,1H3. The van der Waals surface area contributed by atoms with E-state index >= 15 is 0 Å². The summed E-state index contributed by atoms with van der Waals surface area (Å²) in [5, 5.41) is 1.43. The molecule has 0 saturated carbocycles. The van der Waals surface area contributed by atoms with Gasteiger partial charge in [-0.05, 0) is 18.4 Å². The molecule has 0 aliphatic heterocycles. The third kappa shape index (κ3) is 2.09. The number of hydrogen-bond acceptors (Lipinski definition) is 4. The summed E-state index contributed by atoms with van der Waals surface area (Å²) in [6.45, 7) is 2.47. The van der Waals surface area contributed by atoms with Crippen LogP contribution >= 0.6 is 0 Å². The van der Waals surface area contributed by atoms with Crippen LogP contribution in [0.1, 0.15) is 6.92 Å². The summed E-state index contributed by atoms with van der Waals surface area (Å²) in [5.74, 6) is 0. The minimum absolute atomic E-state index is 0.156. The van der Waals surface area contributed by atoms with Crippen molar-refractivity contribution in [1.82, 2.24) is 0 Å². The average molecular weight is 263 g/mol. The fourth-order valence-electron chi connectivity index (χ4n) is 1.75. The van der Waals surface area contributed by atoms with Gasteiger partial charge in [0.05, 0.1) is 4.90 Å². The maximum Gasteiger partial charge on any atom is 0.418 e. The second-order valence-corrected chi connectivity index (χ2v) is 5.98. The van der Waals surface area contributed by atoms with Crippen molar-refractivity contribution in [1.29, 1.82) is 0 Å². The number of ether oxygens (including phenoxy) is 1. The van der Waals surface area contributed by atoms with E-state index in [1.165, 1.54) is 13.0 Å². The second-order valence-electron chi connectivity index (χ2n) is 3.79. The van der Waals surface area contributed by atoms with E-state index in [-0.39, 0.29) is 4.90 Å². The zero-order valence-electron chi connectivity index (χ0n) is 9.66. The van der Waals surface area contributed by atoms with E-state index in [9.17, 15) is 13.2 Å². The van der Waals surface area contributed by atoms with Gasteiger partial charge < -0.3 is 4.74 Å². The summed E-state index contributed by atoms with van der Waals surface area (Å²) in [6.07, 6.45) is 0. The van der Waals surface area contributed by atoms with Gasteiger partial charge in [-0.1, -0.05) is 36.4 Å². The van der Waals surface area contributed by atoms with E-state index in [1.54, 1.807) is 18.2 Å². The Morgan fingerprint density at radius 2 is 1.78 bits per heavy atom. The molecule has 0 amide bonds. The number of rotatable bonds is 4. The molecular formula is C13H11O4S. The van der Waals surface area contributed by atoms with E-state index in [2.05, 4.69) is 4.74 Å². The molecular weight excluding hydrogens is 252 g/mol. The highest BCUT2D eigenvalue weighted by molar-refractivity contribution is 7.92. The molecule has 0 heterocycles. The zero-order valence-corrected chi connectivity index (χ0v) is 10.5. The number of sulfone groups is 1. The molecule has 2 aromatic carbocycles. The van der Waals surface area contributed by atoms with E-state index in [1.807, 2.05) is 18.2 Å². The van der Waals surface area contributed by atoms with Gasteiger partial charge in [0, 0.05) is 5.39 Å². The summed E-state index contributed by atoms with van der Waals surface area (Å²) in [5.41, 5.74) is -1.25. The molecule has 1 atom stereocenters. The average Bonchev–Trinajstić information content (AvgIpc) is 2.38. The van der Waals surface area contributed by atoms with Crippen LogP contribution < -0.4 is 0 Å². The number of fused-ring (bicyclic) bond motifs is 1. The van der Waals surface area contributed by atoms with Crippen molar-refractivity contribution in [3.63, 3.8) is 0 Å². The molecule has 0 fully saturated rings. The first-order valence-corrected chi connectivity index (χ1v) is 6.86. The van der Waals surface area contributed by atoms with Crippen LogP contribution in [0, 0.1) is 0 Å². The largest absolute Gasteiger partial charge is 0.437 e. The third-order valence-electron chi connectivity index (χ3n) is 2.71. The molecule has 5 heteroatoms. The van der Waals surface area contributed by atoms with Crippen molar-refractivity contribution in [2.24, 2.45) is 0 Å². The fraction of sp³-hybridized carbons (Fsp3) is 0.154. The lowest BCUT2D eigenvalue weighted by Gasteiger charge is -2.12. The Kier molecular flexibility index (Phi) is 3.34. The molecule has 0 aliphatic rings. The van der Waals surface area contributed by atoms with E-state index in [0.717, 1.165) is 11.9 Å². The van der Waals surface area contributed by atoms with Gasteiger partial charge in [0.25, 0.3) is 0 Å². The summed E-state index contributed by atoms with van der Waals surface area (Å²) in [7, 11) is -3.71. The van der Waals surface area contributed by atoms with Crippen LogP contribution in [0.3, 0.4) is 0 Å². The SMILES string of the molecule is CC(O[C]=O)S(=O)(=O)c1cccc2ccccc12. The van der Waals surface area contributed by atoms with Gasteiger partial charge in [0.2, 0.25) is 15.3 Å². The first-order valence-electron chi connectivity index (χ1n) is 5.32. The number of hydrogen-bond donors (Lipinski definition) is 0. The van der Waals surface area contributed by atoms with E-state index in [4.69, 9.17) is 0 Å². The molecule has 0 aromatic heterocycles. The minimum Gasteiger partial charge on any atom is -0.437 e. The summed E-state index contributed by atoms with van der Waals surface area (Å²) < 4.78 is 28.9. The smallest absolute Gasteiger partial charge is 0.418 e. The second kappa shape index (κ2) is 4.78. The van der Waals surface area contributed by atoms with Gasteiger partial charge >= 0.3 is 6.47 Å². The first-order chi connectivity index (χ1) is 8.57. The molecule has 1 radical (unpaired) electrons. The van der Waals surface area contributed by atoms with Crippen molar-refractivity contribution in [2.75, 3.05) is 0 Å². The molecule has 0 aliphatic carbocycles. The number of carbonyl (C=O) groups excluding carboxylic acids is 1. The maximum absolute atomic E-state index is 12.2. The monoisotopic (exact) mass is 263 g/mol. The molecule has 1 unspecified atom stereocenters. The van der Waals surface area contributed by atoms with Gasteiger partial charge in [-0.25, -0.2) is 13.2 Å². The summed E-state index contributed by atoms with van der Waals surface area (Å²) in [4.78, 5) is 10.3. The Labute approximate surface area is 105 Å². The van der Waals surface area contributed by atoms with Crippen LogP contribution in [0.5, 0.6) is 0 Å². The predicted molar refractivity (Wildman–Crippen MR) is 67.4 cm³/mol. The highest BCUT2D eigenvalue weighted by Crippen LogP contribution is 2.25. The van der Waals surface area contributed by atoms with Crippen molar-refractivity contribution in [2.45, 2.75) is 17.3 Å². The van der Waals surface area contributed by atoms with Gasteiger partial charge in [0.1, 0.15) is 0 Å². The molecule has 0 bridgehead atoms. The van der Waals surface area contributed by atoms with Crippen molar-refractivity contribution in [3.8, 4) is 0 Å². The van der Waals surface area contributed by atoms with E-state index < -0.39 is 15.3 Å². The fourth-order valence-corrected chi connectivity index (χ4v) is 3.04. The molecule has 18 heavy (non-hydrogen) atoms. The first kappa shape index (κ1) is 12.6. The maximum atomic E-state index is 12.2. The quantitative estimate of drug-likeness (QED) is 0.847. The highest BCUT2D eigenvalue weighted by atomic mass is 32.2. The Morgan fingerprint density at radius 1 is 1.11 bits per heavy atom. The molecule has 93 valence electrons.